The molecular weight excluding hydrogens is 193 g/mol. The number of rotatable bonds is 0. The zero-order valence-corrected chi connectivity index (χ0v) is 5.31. The molecule has 0 unspecified atom stereocenters. The molecule has 1 fully saturated rings. The summed E-state index contributed by atoms with van der Waals surface area (Å²) >= 11 is 2.00. The second-order valence-electron chi connectivity index (χ2n) is 1.23. The third-order valence-corrected chi connectivity index (χ3v) is 1.81. The average Bonchev–Trinajstić information content (AvgIpc) is 1.61. The van der Waals surface area contributed by atoms with Gasteiger partial charge in [-0.05, 0) is 0 Å². The van der Waals surface area contributed by atoms with E-state index in [1.54, 1.807) is 3.11 Å². The van der Waals surface area contributed by atoms with Crippen LogP contribution in [0.3, 0.4) is 0 Å². The van der Waals surface area contributed by atoms with Crippen molar-refractivity contribution in [3.8, 4) is 0 Å². The van der Waals surface area contributed by atoms with E-state index in [0.717, 1.165) is 13.0 Å². The lowest BCUT2D eigenvalue weighted by molar-refractivity contribution is -0.131. The van der Waals surface area contributed by atoms with Crippen molar-refractivity contribution in [1.29, 1.82) is 0 Å². The van der Waals surface area contributed by atoms with E-state index < -0.39 is 0 Å². The van der Waals surface area contributed by atoms with Crippen molar-refractivity contribution >= 4 is 28.8 Å². The normalized spacial score (nSPS) is 20.8. The average molecular weight is 197 g/mol. The summed E-state index contributed by atoms with van der Waals surface area (Å²) in [6.07, 6.45) is 0.753. The third-order valence-electron chi connectivity index (χ3n) is 0.793. The van der Waals surface area contributed by atoms with Crippen LogP contribution in [-0.4, -0.2) is 15.6 Å². The number of nitrogens with zero attached hydrogens (tertiary/aromatic N) is 1. The van der Waals surface area contributed by atoms with Crippen molar-refractivity contribution in [2.75, 3.05) is 6.54 Å². The Bertz CT molecular complexity index is 82.9. The highest BCUT2D eigenvalue weighted by atomic mass is 127. The smallest absolute Gasteiger partial charge is 0.233 e. The fourth-order valence-corrected chi connectivity index (χ4v) is 0.770. The van der Waals surface area contributed by atoms with Crippen LogP contribution < -0.4 is 0 Å². The Morgan fingerprint density at radius 3 is 2.33 bits per heavy atom. The molecule has 0 saturated carbocycles. The van der Waals surface area contributed by atoms with Gasteiger partial charge in [-0.25, -0.2) is 0 Å². The van der Waals surface area contributed by atoms with Crippen LogP contribution in [0.15, 0.2) is 0 Å². The van der Waals surface area contributed by atoms with Gasteiger partial charge in [0.25, 0.3) is 0 Å². The highest BCUT2D eigenvalue weighted by Gasteiger charge is 2.19. The van der Waals surface area contributed by atoms with E-state index in [0.29, 0.717) is 0 Å². The van der Waals surface area contributed by atoms with Crippen molar-refractivity contribution in [2.45, 2.75) is 6.42 Å². The van der Waals surface area contributed by atoms with Gasteiger partial charge >= 0.3 is 0 Å². The highest BCUT2D eigenvalue weighted by Crippen LogP contribution is 2.12. The maximum atomic E-state index is 10.1. The lowest BCUT2D eigenvalue weighted by Crippen LogP contribution is -2.34. The number of hydrogen-bond donors (Lipinski definition) is 0. The van der Waals surface area contributed by atoms with Crippen molar-refractivity contribution in [3.63, 3.8) is 0 Å². The lowest BCUT2D eigenvalue weighted by Gasteiger charge is -2.22. The molecule has 0 aliphatic carbocycles. The number of amides is 1. The molecule has 1 saturated heterocycles. The van der Waals surface area contributed by atoms with Crippen molar-refractivity contribution in [3.05, 3.63) is 0 Å². The lowest BCUT2D eigenvalue weighted by atomic mass is 10.3. The van der Waals surface area contributed by atoms with Gasteiger partial charge in [-0.15, -0.1) is 0 Å². The Morgan fingerprint density at radius 1 is 1.83 bits per heavy atom. The molecule has 0 N–H and O–H groups in total. The SMILES string of the molecule is O=C1CCN1I. The van der Waals surface area contributed by atoms with Gasteiger partial charge in [-0.3, -0.25) is 7.91 Å². The molecule has 3 heteroatoms. The summed E-state index contributed by atoms with van der Waals surface area (Å²) in [6.45, 7) is 0.944. The minimum atomic E-state index is 0.260. The number of hydrogen-bond acceptors (Lipinski definition) is 1. The third kappa shape index (κ3) is 0.508. The van der Waals surface area contributed by atoms with E-state index in [1.165, 1.54) is 0 Å². The van der Waals surface area contributed by atoms with Gasteiger partial charge in [0, 0.05) is 13.0 Å². The van der Waals surface area contributed by atoms with E-state index in [1.807, 2.05) is 22.9 Å². The Balaban J connectivity index is 2.39. The monoisotopic (exact) mass is 197 g/mol. The Labute approximate surface area is 50.0 Å². The van der Waals surface area contributed by atoms with Gasteiger partial charge in [0.2, 0.25) is 5.91 Å². The maximum absolute atomic E-state index is 10.1. The van der Waals surface area contributed by atoms with E-state index in [2.05, 4.69) is 0 Å². The van der Waals surface area contributed by atoms with Gasteiger partial charge in [0.05, 0.1) is 22.9 Å². The molecule has 6 heavy (non-hydrogen) atoms. The summed E-state index contributed by atoms with van der Waals surface area (Å²) < 4.78 is 1.68. The molecule has 2 nitrogen and oxygen atoms in total. The van der Waals surface area contributed by atoms with E-state index in [4.69, 9.17) is 0 Å². The van der Waals surface area contributed by atoms with Crippen molar-refractivity contribution < 1.29 is 4.79 Å². The molecule has 1 heterocycles. The second kappa shape index (κ2) is 1.36. The largest absolute Gasteiger partial charge is 0.284 e. The molecule has 0 radical (unpaired) electrons. The number of halogens is 1. The number of β-lactam (4-membered cyclic amide) rings is 1. The Morgan fingerprint density at radius 2 is 2.33 bits per heavy atom. The topological polar surface area (TPSA) is 20.3 Å². The number of carbonyl (C=O) groups is 1. The van der Waals surface area contributed by atoms with Crippen LogP contribution in [0.4, 0.5) is 0 Å². The molecule has 1 aliphatic rings. The summed E-state index contributed by atoms with van der Waals surface area (Å²) in [5.41, 5.74) is 0. The summed E-state index contributed by atoms with van der Waals surface area (Å²) in [7, 11) is 0. The molecule has 0 aromatic carbocycles. The molecule has 34 valence electrons. The molecule has 1 amide bonds. The van der Waals surface area contributed by atoms with Crippen LogP contribution >= 0.6 is 22.9 Å². The van der Waals surface area contributed by atoms with Gasteiger partial charge < -0.3 is 0 Å². The summed E-state index contributed by atoms with van der Waals surface area (Å²) in [5.74, 6) is 0.260. The number of carbonyl (C=O) groups excluding carboxylic acids is 1. The first-order valence-electron chi connectivity index (χ1n) is 1.77. The van der Waals surface area contributed by atoms with Crippen molar-refractivity contribution in [2.24, 2.45) is 0 Å². The predicted molar refractivity (Wildman–Crippen MR) is 30.3 cm³/mol. The van der Waals surface area contributed by atoms with Crippen LogP contribution in [0.25, 0.3) is 0 Å². The molecular formula is C3H4INO. The summed E-state index contributed by atoms with van der Waals surface area (Å²) in [6, 6.07) is 0. The fourth-order valence-electron chi connectivity index (χ4n) is 0.288. The van der Waals surface area contributed by atoms with E-state index in [-0.39, 0.29) is 5.91 Å². The van der Waals surface area contributed by atoms with E-state index >= 15 is 0 Å². The van der Waals surface area contributed by atoms with Crippen molar-refractivity contribution in [1.82, 2.24) is 3.11 Å². The van der Waals surface area contributed by atoms with Gasteiger partial charge in [0.1, 0.15) is 0 Å². The fraction of sp³-hybridized carbons (Fsp3) is 0.667. The predicted octanol–water partition coefficient (Wildman–Crippen LogP) is 0.569. The quantitative estimate of drug-likeness (QED) is 0.315. The summed E-state index contributed by atoms with van der Waals surface area (Å²) in [5, 5.41) is 0. The molecule has 1 rings (SSSR count). The first-order valence-corrected chi connectivity index (χ1v) is 2.73. The van der Waals surface area contributed by atoms with Gasteiger partial charge in [-0.2, -0.15) is 0 Å². The molecule has 0 aromatic rings. The van der Waals surface area contributed by atoms with Gasteiger partial charge in [0.15, 0.2) is 0 Å². The molecule has 1 aliphatic heterocycles. The Hall–Kier alpha value is 0.200. The van der Waals surface area contributed by atoms with Crippen LogP contribution in [0.5, 0.6) is 0 Å². The molecule has 0 spiro atoms. The second-order valence-corrected chi connectivity index (χ2v) is 2.39. The Kier molecular flexibility index (Phi) is 0.992. The first kappa shape index (κ1) is 4.36. The van der Waals surface area contributed by atoms with E-state index in [9.17, 15) is 4.79 Å². The molecule has 0 bridgehead atoms. The highest BCUT2D eigenvalue weighted by molar-refractivity contribution is 14.1. The van der Waals surface area contributed by atoms with Crippen LogP contribution in [0, 0.1) is 0 Å². The molecule has 0 atom stereocenters. The van der Waals surface area contributed by atoms with Gasteiger partial charge in [-0.1, -0.05) is 0 Å². The van der Waals surface area contributed by atoms with Crippen LogP contribution in [-0.2, 0) is 4.79 Å². The standard InChI is InChI=1S/C3H4INO/c4-5-2-1-3(5)6/h1-2H2. The maximum Gasteiger partial charge on any atom is 0.233 e. The van der Waals surface area contributed by atoms with Crippen LogP contribution in [0.2, 0.25) is 0 Å². The zero-order valence-electron chi connectivity index (χ0n) is 3.15. The minimum Gasteiger partial charge on any atom is -0.284 e. The first-order chi connectivity index (χ1) is 2.80. The van der Waals surface area contributed by atoms with Crippen LogP contribution in [0.1, 0.15) is 6.42 Å². The summed E-state index contributed by atoms with van der Waals surface area (Å²) in [4.78, 5) is 10.1. The minimum absolute atomic E-state index is 0.260. The molecule has 0 aromatic heterocycles. The zero-order chi connectivity index (χ0) is 4.57.